The van der Waals surface area contributed by atoms with Gasteiger partial charge in [0, 0.05) is 12.1 Å². The predicted molar refractivity (Wildman–Crippen MR) is 104 cm³/mol. The number of rotatable bonds is 7. The highest BCUT2D eigenvalue weighted by Crippen LogP contribution is 2.24. The van der Waals surface area contributed by atoms with Gasteiger partial charge in [-0.1, -0.05) is 35.5 Å². The number of carbonyl (C=O) groups is 1. The Balaban J connectivity index is 1.60. The van der Waals surface area contributed by atoms with Crippen molar-refractivity contribution in [2.45, 2.75) is 26.5 Å². The maximum Gasteiger partial charge on any atom is 0.409 e. The van der Waals surface area contributed by atoms with Crippen LogP contribution in [0.3, 0.4) is 0 Å². The molecule has 1 heterocycles. The van der Waals surface area contributed by atoms with Gasteiger partial charge in [-0.05, 0) is 43.7 Å². The van der Waals surface area contributed by atoms with Crippen LogP contribution in [0.1, 0.15) is 31.3 Å². The summed E-state index contributed by atoms with van der Waals surface area (Å²) in [5.74, 6) is 1.62. The number of nitrogens with zero attached hydrogens (tertiary/aromatic N) is 3. The molecule has 1 amide bonds. The Morgan fingerprint density at radius 3 is 2.50 bits per heavy atom. The summed E-state index contributed by atoms with van der Waals surface area (Å²) >= 11 is 0. The number of hydrogen-bond acceptors (Lipinski definition) is 6. The quantitative estimate of drug-likeness (QED) is 0.601. The van der Waals surface area contributed by atoms with Gasteiger partial charge in [0.1, 0.15) is 5.75 Å². The molecule has 1 atom stereocenters. The second-order valence-electron chi connectivity index (χ2n) is 6.17. The van der Waals surface area contributed by atoms with Crippen molar-refractivity contribution in [2.24, 2.45) is 0 Å². The maximum atomic E-state index is 11.8. The van der Waals surface area contributed by atoms with Crippen LogP contribution in [0.25, 0.3) is 11.5 Å². The molecule has 0 fully saturated rings. The van der Waals surface area contributed by atoms with Gasteiger partial charge in [0.2, 0.25) is 5.82 Å². The van der Waals surface area contributed by atoms with Gasteiger partial charge in [-0.15, -0.1) is 0 Å². The Labute approximate surface area is 163 Å². The van der Waals surface area contributed by atoms with Gasteiger partial charge >= 0.3 is 6.09 Å². The second kappa shape index (κ2) is 9.03. The third-order valence-corrected chi connectivity index (χ3v) is 4.44. The van der Waals surface area contributed by atoms with Gasteiger partial charge in [0.05, 0.1) is 13.2 Å². The van der Waals surface area contributed by atoms with Crippen LogP contribution in [-0.4, -0.2) is 34.8 Å². The largest absolute Gasteiger partial charge is 0.485 e. The van der Waals surface area contributed by atoms with Gasteiger partial charge in [0.15, 0.2) is 6.61 Å². The number of aromatic nitrogens is 2. The molecule has 28 heavy (non-hydrogen) atoms. The summed E-state index contributed by atoms with van der Waals surface area (Å²) in [6.45, 7) is 4.64. The normalized spacial score (nSPS) is 11.7. The molecule has 0 saturated carbocycles. The number of methoxy groups -OCH3 is 1. The molecule has 0 bridgehead atoms. The van der Waals surface area contributed by atoms with Crippen molar-refractivity contribution in [3.63, 3.8) is 0 Å². The SMILES string of the molecule is CCN(C(=O)OC)[C@@H](C)c1ccc(OCc2noc(-c3ccccc3)n2)cc1. The molecule has 0 spiro atoms. The first-order valence-corrected chi connectivity index (χ1v) is 9.07. The van der Waals surface area contributed by atoms with E-state index in [1.165, 1.54) is 7.11 Å². The summed E-state index contributed by atoms with van der Waals surface area (Å²) in [5, 5.41) is 3.95. The van der Waals surface area contributed by atoms with Crippen LogP contribution in [0.15, 0.2) is 59.1 Å². The van der Waals surface area contributed by atoms with Crippen molar-refractivity contribution in [3.05, 3.63) is 66.0 Å². The van der Waals surface area contributed by atoms with Gasteiger partial charge in [-0.3, -0.25) is 0 Å². The Morgan fingerprint density at radius 1 is 1.14 bits per heavy atom. The Bertz CT molecular complexity index is 894. The zero-order valence-electron chi connectivity index (χ0n) is 16.2. The van der Waals surface area contributed by atoms with E-state index in [9.17, 15) is 4.79 Å². The van der Waals surface area contributed by atoms with Crippen LogP contribution in [0.4, 0.5) is 4.79 Å². The molecule has 3 rings (SSSR count). The Kier molecular flexibility index (Phi) is 6.26. The van der Waals surface area contributed by atoms with E-state index in [0.29, 0.717) is 24.0 Å². The van der Waals surface area contributed by atoms with E-state index in [1.54, 1.807) is 4.90 Å². The molecule has 3 aromatic rings. The van der Waals surface area contributed by atoms with Gasteiger partial charge < -0.3 is 18.9 Å². The Hall–Kier alpha value is -3.35. The molecule has 0 unspecified atom stereocenters. The van der Waals surface area contributed by atoms with E-state index >= 15 is 0 Å². The van der Waals surface area contributed by atoms with E-state index in [-0.39, 0.29) is 18.7 Å². The van der Waals surface area contributed by atoms with Crippen LogP contribution in [0, 0.1) is 0 Å². The zero-order valence-corrected chi connectivity index (χ0v) is 16.2. The van der Waals surface area contributed by atoms with Crippen LogP contribution >= 0.6 is 0 Å². The molecule has 0 saturated heterocycles. The summed E-state index contributed by atoms with van der Waals surface area (Å²) in [6, 6.07) is 17.0. The summed E-state index contributed by atoms with van der Waals surface area (Å²) in [6.07, 6.45) is -0.346. The second-order valence-corrected chi connectivity index (χ2v) is 6.17. The third kappa shape index (κ3) is 4.49. The van der Waals surface area contributed by atoms with E-state index < -0.39 is 0 Å². The van der Waals surface area contributed by atoms with Crippen LogP contribution in [0.2, 0.25) is 0 Å². The fourth-order valence-corrected chi connectivity index (χ4v) is 2.86. The fraction of sp³-hybridized carbons (Fsp3) is 0.286. The zero-order chi connectivity index (χ0) is 19.9. The van der Waals surface area contributed by atoms with Crippen LogP contribution < -0.4 is 4.74 Å². The molecule has 0 aliphatic heterocycles. The number of hydrogen-bond donors (Lipinski definition) is 0. The smallest absolute Gasteiger partial charge is 0.409 e. The molecule has 0 aliphatic carbocycles. The highest BCUT2D eigenvalue weighted by atomic mass is 16.5. The van der Waals surface area contributed by atoms with Crippen molar-refractivity contribution < 1.29 is 18.8 Å². The summed E-state index contributed by atoms with van der Waals surface area (Å²) in [4.78, 5) is 17.8. The van der Waals surface area contributed by atoms with Gasteiger partial charge in [-0.2, -0.15) is 4.98 Å². The topological polar surface area (TPSA) is 77.7 Å². The van der Waals surface area contributed by atoms with Crippen molar-refractivity contribution >= 4 is 6.09 Å². The number of ether oxygens (including phenoxy) is 2. The standard InChI is InChI=1S/C21H23N3O4/c1-4-24(21(25)26-3)15(2)16-10-12-18(13-11-16)27-14-19-22-20(28-23-19)17-8-6-5-7-9-17/h5-13,15H,4,14H2,1-3H3/t15-/m0/s1. The van der Waals surface area contributed by atoms with Gasteiger partial charge in [0.25, 0.3) is 5.89 Å². The molecule has 7 nitrogen and oxygen atoms in total. The number of carbonyl (C=O) groups excluding carboxylic acids is 1. The summed E-state index contributed by atoms with van der Waals surface area (Å²) in [7, 11) is 1.38. The molecule has 2 aromatic carbocycles. The highest BCUT2D eigenvalue weighted by Gasteiger charge is 2.20. The van der Waals surface area contributed by atoms with Crippen LogP contribution in [0.5, 0.6) is 5.75 Å². The first-order chi connectivity index (χ1) is 13.6. The third-order valence-electron chi connectivity index (χ3n) is 4.44. The lowest BCUT2D eigenvalue weighted by molar-refractivity contribution is 0.111. The number of benzene rings is 2. The first kappa shape index (κ1) is 19.4. The molecule has 0 N–H and O–H groups in total. The van der Waals surface area contributed by atoms with E-state index in [2.05, 4.69) is 10.1 Å². The minimum absolute atomic E-state index is 0.0999. The molecule has 0 radical (unpaired) electrons. The Morgan fingerprint density at radius 2 is 1.86 bits per heavy atom. The molecule has 7 heteroatoms. The lowest BCUT2D eigenvalue weighted by Crippen LogP contribution is -2.33. The highest BCUT2D eigenvalue weighted by molar-refractivity contribution is 5.68. The monoisotopic (exact) mass is 381 g/mol. The van der Waals surface area contributed by atoms with Crippen molar-refractivity contribution in [2.75, 3.05) is 13.7 Å². The maximum absolute atomic E-state index is 11.8. The molecule has 1 aromatic heterocycles. The van der Waals surface area contributed by atoms with Crippen molar-refractivity contribution in [1.29, 1.82) is 0 Å². The molecule has 0 aliphatic rings. The van der Waals surface area contributed by atoms with E-state index in [0.717, 1.165) is 11.1 Å². The first-order valence-electron chi connectivity index (χ1n) is 9.07. The van der Waals surface area contributed by atoms with Crippen LogP contribution in [-0.2, 0) is 11.3 Å². The molecular formula is C21H23N3O4. The lowest BCUT2D eigenvalue weighted by Gasteiger charge is -2.27. The van der Waals surface area contributed by atoms with Crippen molar-refractivity contribution in [3.8, 4) is 17.2 Å². The van der Waals surface area contributed by atoms with E-state index in [4.69, 9.17) is 14.0 Å². The average Bonchev–Trinajstić information content (AvgIpc) is 3.22. The number of amides is 1. The molecular weight excluding hydrogens is 358 g/mol. The summed E-state index contributed by atoms with van der Waals surface area (Å²) in [5.41, 5.74) is 1.86. The minimum Gasteiger partial charge on any atom is -0.485 e. The molecule has 146 valence electrons. The van der Waals surface area contributed by atoms with Crippen molar-refractivity contribution in [1.82, 2.24) is 15.0 Å². The average molecular weight is 381 g/mol. The van der Waals surface area contributed by atoms with E-state index in [1.807, 2.05) is 68.4 Å². The predicted octanol–water partition coefficient (Wildman–Crippen LogP) is 4.46. The van der Waals surface area contributed by atoms with Gasteiger partial charge in [-0.25, -0.2) is 4.79 Å². The minimum atomic E-state index is -0.346. The summed E-state index contributed by atoms with van der Waals surface area (Å²) < 4.78 is 15.8. The lowest BCUT2D eigenvalue weighted by atomic mass is 10.1. The fourth-order valence-electron chi connectivity index (χ4n) is 2.86.